The van der Waals surface area contributed by atoms with Gasteiger partial charge in [0.25, 0.3) is 0 Å². The van der Waals surface area contributed by atoms with Crippen LogP contribution in [0.25, 0.3) is 97.0 Å². The summed E-state index contributed by atoms with van der Waals surface area (Å²) in [5.41, 5.74) is 12.4. The van der Waals surface area contributed by atoms with Crippen LogP contribution in [0, 0.1) is 0 Å². The normalized spacial score (nSPS) is 11.7. The number of para-hydroxylation sites is 1. The van der Waals surface area contributed by atoms with Crippen LogP contribution >= 0.6 is 11.3 Å². The second kappa shape index (κ2) is 13.6. The Bertz CT molecular complexity index is 3540. The molecule has 0 spiro atoms. The molecule has 12 aromatic rings. The quantitative estimate of drug-likeness (QED) is 0.157. The zero-order chi connectivity index (χ0) is 38.9. The zero-order valence-corrected chi connectivity index (χ0v) is 32.8. The maximum atomic E-state index is 6.27. The van der Waals surface area contributed by atoms with Crippen molar-refractivity contribution in [1.82, 2.24) is 0 Å². The summed E-state index contributed by atoms with van der Waals surface area (Å²) in [4.78, 5) is 2.43. The number of fused-ring (bicyclic) bond motifs is 9. The largest absolute Gasteiger partial charge is 0.456 e. The highest BCUT2D eigenvalue weighted by molar-refractivity contribution is 7.27. The SMILES string of the molecule is c1ccc(-c2cccc3c2sc2c(N(c4ccc(-c5cc6ccccc6c6ccccc56)cc4)c4ccc(-c5cccc6oc7ccccc7c56)cc4)cccc23)cc1. The Labute approximate surface area is 345 Å². The molecule has 0 N–H and O–H groups in total. The Hall–Kier alpha value is -7.46. The highest BCUT2D eigenvalue weighted by Crippen LogP contribution is 2.48. The first-order valence-corrected chi connectivity index (χ1v) is 20.9. The molecule has 276 valence electrons. The topological polar surface area (TPSA) is 16.4 Å². The van der Waals surface area contributed by atoms with Gasteiger partial charge >= 0.3 is 0 Å². The van der Waals surface area contributed by atoms with E-state index in [1.807, 2.05) is 23.5 Å². The number of anilines is 3. The van der Waals surface area contributed by atoms with Crippen molar-refractivity contribution in [3.8, 4) is 33.4 Å². The van der Waals surface area contributed by atoms with Crippen molar-refractivity contribution in [3.63, 3.8) is 0 Å². The highest BCUT2D eigenvalue weighted by Gasteiger charge is 2.21. The first kappa shape index (κ1) is 33.7. The number of benzene rings is 10. The predicted molar refractivity (Wildman–Crippen MR) is 253 cm³/mol. The molecule has 3 heteroatoms. The summed E-state index contributed by atoms with van der Waals surface area (Å²) in [7, 11) is 0. The van der Waals surface area contributed by atoms with Crippen LogP contribution in [0.5, 0.6) is 0 Å². The van der Waals surface area contributed by atoms with Gasteiger partial charge in [-0.15, -0.1) is 11.3 Å². The predicted octanol–water partition coefficient (Wildman–Crippen LogP) is 16.7. The fourth-order valence-electron chi connectivity index (χ4n) is 9.14. The third kappa shape index (κ3) is 5.47. The molecule has 0 aliphatic rings. The van der Waals surface area contributed by atoms with Crippen molar-refractivity contribution >= 4 is 92.1 Å². The summed E-state index contributed by atoms with van der Waals surface area (Å²) in [5.74, 6) is 0. The minimum Gasteiger partial charge on any atom is -0.456 e. The zero-order valence-electron chi connectivity index (χ0n) is 32.0. The fourth-order valence-corrected chi connectivity index (χ4v) is 10.5. The summed E-state index contributed by atoms with van der Waals surface area (Å²) in [5, 5.41) is 9.89. The molecule has 0 aliphatic heterocycles. The number of nitrogens with zero attached hydrogens (tertiary/aromatic N) is 1. The van der Waals surface area contributed by atoms with Crippen LogP contribution in [-0.2, 0) is 0 Å². The van der Waals surface area contributed by atoms with Crippen LogP contribution in [0.2, 0.25) is 0 Å². The molecule has 0 atom stereocenters. The number of hydrogen-bond donors (Lipinski definition) is 0. The van der Waals surface area contributed by atoms with E-state index in [0.29, 0.717) is 0 Å². The van der Waals surface area contributed by atoms with Gasteiger partial charge in [0.05, 0.1) is 10.4 Å². The lowest BCUT2D eigenvalue weighted by Gasteiger charge is -2.26. The molecule has 0 saturated heterocycles. The molecule has 2 heterocycles. The van der Waals surface area contributed by atoms with Gasteiger partial charge in [0.15, 0.2) is 0 Å². The van der Waals surface area contributed by atoms with E-state index in [2.05, 4.69) is 205 Å². The number of rotatable bonds is 6. The second-order valence-electron chi connectivity index (χ2n) is 15.2. The van der Waals surface area contributed by atoms with Crippen molar-refractivity contribution in [1.29, 1.82) is 0 Å². The molecular formula is C56H35NOS. The molecule has 2 aromatic heterocycles. The average Bonchev–Trinajstić information content (AvgIpc) is 3.89. The molecular weight excluding hydrogens is 735 g/mol. The van der Waals surface area contributed by atoms with Crippen molar-refractivity contribution in [2.45, 2.75) is 0 Å². The highest BCUT2D eigenvalue weighted by atomic mass is 32.1. The second-order valence-corrected chi connectivity index (χ2v) is 16.2. The van der Waals surface area contributed by atoms with E-state index in [4.69, 9.17) is 4.42 Å². The molecule has 0 aliphatic carbocycles. The summed E-state index contributed by atoms with van der Waals surface area (Å²) < 4.78 is 8.83. The van der Waals surface area contributed by atoms with Crippen molar-refractivity contribution < 1.29 is 4.42 Å². The van der Waals surface area contributed by atoms with Crippen molar-refractivity contribution in [3.05, 3.63) is 212 Å². The van der Waals surface area contributed by atoms with Crippen LogP contribution < -0.4 is 4.90 Å². The van der Waals surface area contributed by atoms with Gasteiger partial charge in [0.2, 0.25) is 0 Å². The van der Waals surface area contributed by atoms with Gasteiger partial charge in [-0.05, 0) is 103 Å². The summed E-state index contributed by atoms with van der Waals surface area (Å²) >= 11 is 1.88. The number of furan rings is 1. The van der Waals surface area contributed by atoms with Gasteiger partial charge in [-0.1, -0.05) is 164 Å². The fraction of sp³-hybridized carbons (Fsp3) is 0. The van der Waals surface area contributed by atoms with E-state index in [1.54, 1.807) is 0 Å². The summed E-state index contributed by atoms with van der Waals surface area (Å²) in [6, 6.07) is 76.9. The molecule has 0 bridgehead atoms. The molecule has 0 fully saturated rings. The Morgan fingerprint density at radius 2 is 0.881 bits per heavy atom. The number of hydrogen-bond acceptors (Lipinski definition) is 3. The lowest BCUT2D eigenvalue weighted by Crippen LogP contribution is -2.10. The first-order valence-electron chi connectivity index (χ1n) is 20.1. The molecule has 0 amide bonds. The van der Waals surface area contributed by atoms with Crippen molar-refractivity contribution in [2.75, 3.05) is 4.90 Å². The molecule has 0 unspecified atom stereocenters. The Kier molecular flexibility index (Phi) is 7.75. The summed E-state index contributed by atoms with van der Waals surface area (Å²) in [6.45, 7) is 0. The standard InChI is InChI=1S/C56H35NOS/c1-2-13-36(14-3-1)44-21-10-22-47-48-23-11-24-51(56(48)59-55(44)47)57(40-31-27-37(28-32-40)43-20-12-26-53-54(43)49-19-8-9-25-52(49)58-53)41-33-29-38(30-34-41)50-35-39-15-4-5-16-42(39)45-17-6-7-18-46(45)50/h1-35H. The lowest BCUT2D eigenvalue weighted by atomic mass is 9.93. The maximum absolute atomic E-state index is 6.27. The van der Waals surface area contributed by atoms with Gasteiger partial charge in [-0.2, -0.15) is 0 Å². The molecule has 0 radical (unpaired) electrons. The van der Waals surface area contributed by atoms with Crippen LogP contribution in [0.15, 0.2) is 217 Å². The van der Waals surface area contributed by atoms with Gasteiger partial charge in [-0.3, -0.25) is 0 Å². The minimum absolute atomic E-state index is 0.903. The summed E-state index contributed by atoms with van der Waals surface area (Å²) in [6.07, 6.45) is 0. The van der Waals surface area contributed by atoms with Gasteiger partial charge < -0.3 is 9.32 Å². The molecule has 0 saturated carbocycles. The van der Waals surface area contributed by atoms with Gasteiger partial charge in [0, 0.05) is 37.6 Å². The first-order chi connectivity index (χ1) is 29.3. The Balaban J connectivity index is 1.04. The molecule has 12 rings (SSSR count). The van der Waals surface area contributed by atoms with Gasteiger partial charge in [-0.25, -0.2) is 0 Å². The average molecular weight is 770 g/mol. The van der Waals surface area contributed by atoms with E-state index in [0.717, 1.165) is 50.1 Å². The Morgan fingerprint density at radius 3 is 1.66 bits per heavy atom. The number of thiophene rings is 1. The third-order valence-electron chi connectivity index (χ3n) is 11.9. The van der Waals surface area contributed by atoms with E-state index in [-0.39, 0.29) is 0 Å². The molecule has 59 heavy (non-hydrogen) atoms. The van der Waals surface area contributed by atoms with Gasteiger partial charge in [0.1, 0.15) is 11.2 Å². The maximum Gasteiger partial charge on any atom is 0.136 e. The van der Waals surface area contributed by atoms with Crippen LogP contribution in [0.4, 0.5) is 17.1 Å². The monoisotopic (exact) mass is 769 g/mol. The van der Waals surface area contributed by atoms with Crippen molar-refractivity contribution in [2.24, 2.45) is 0 Å². The minimum atomic E-state index is 0.903. The third-order valence-corrected chi connectivity index (χ3v) is 13.1. The smallest absolute Gasteiger partial charge is 0.136 e. The van der Waals surface area contributed by atoms with E-state index >= 15 is 0 Å². The van der Waals surface area contributed by atoms with E-state index in [9.17, 15) is 0 Å². The van der Waals surface area contributed by atoms with Crippen LogP contribution in [0.3, 0.4) is 0 Å². The van der Waals surface area contributed by atoms with Crippen LogP contribution in [0.1, 0.15) is 0 Å². The van der Waals surface area contributed by atoms with E-state index in [1.165, 1.54) is 64.0 Å². The lowest BCUT2D eigenvalue weighted by molar-refractivity contribution is 0.669. The van der Waals surface area contributed by atoms with Crippen LogP contribution in [-0.4, -0.2) is 0 Å². The Morgan fingerprint density at radius 1 is 0.339 bits per heavy atom. The molecule has 10 aromatic carbocycles. The molecule has 2 nitrogen and oxygen atoms in total. The van der Waals surface area contributed by atoms with E-state index < -0.39 is 0 Å².